The summed E-state index contributed by atoms with van der Waals surface area (Å²) in [4.78, 5) is 16.4. The first-order valence-electron chi connectivity index (χ1n) is 9.53. The Morgan fingerprint density at radius 2 is 2.00 bits per heavy atom. The normalized spacial score (nSPS) is 11.5. The van der Waals surface area contributed by atoms with Gasteiger partial charge in [0.05, 0.1) is 38.9 Å². The maximum Gasteiger partial charge on any atom is 0.308 e. The number of hydrogen-bond acceptors (Lipinski definition) is 9. The minimum absolute atomic E-state index is 0.144. The van der Waals surface area contributed by atoms with Crippen LogP contribution in [0.3, 0.4) is 0 Å². The maximum atomic E-state index is 13.5. The number of aromatic nitrogens is 4. The fourth-order valence-electron chi connectivity index (χ4n) is 3.34. The molecule has 1 N–H and O–H groups in total. The van der Waals surface area contributed by atoms with Crippen molar-refractivity contribution in [3.63, 3.8) is 0 Å². The molecular formula is C20H19N5O6S2. The number of carboxylic acid groups (broad SMARTS) is 1. The number of sulfonamides is 1. The van der Waals surface area contributed by atoms with Gasteiger partial charge in [0.2, 0.25) is 0 Å². The van der Waals surface area contributed by atoms with Gasteiger partial charge in [-0.15, -0.1) is 0 Å². The van der Waals surface area contributed by atoms with Gasteiger partial charge >= 0.3 is 16.0 Å². The summed E-state index contributed by atoms with van der Waals surface area (Å²) in [5.74, 6) is -0.0246. The van der Waals surface area contributed by atoms with Crippen LogP contribution in [0, 0.1) is 0 Å². The van der Waals surface area contributed by atoms with Gasteiger partial charge in [0, 0.05) is 17.0 Å². The van der Waals surface area contributed by atoms with Gasteiger partial charge in [-0.2, -0.15) is 27.1 Å². The number of nitrogens with zero attached hydrogens (tertiary/aromatic N) is 5. The fourth-order valence-corrected chi connectivity index (χ4v) is 5.39. The Labute approximate surface area is 193 Å². The summed E-state index contributed by atoms with van der Waals surface area (Å²) in [5, 5.41) is 14.0. The molecule has 0 unspecified atom stereocenters. The lowest BCUT2D eigenvalue weighted by Crippen LogP contribution is -2.40. The molecule has 2 aromatic carbocycles. The zero-order chi connectivity index (χ0) is 23.6. The number of methoxy groups -OCH3 is 2. The van der Waals surface area contributed by atoms with Gasteiger partial charge in [-0.1, -0.05) is 12.1 Å². The lowest BCUT2D eigenvalue weighted by atomic mass is 10.1. The minimum Gasteiger partial charge on any atom is -0.497 e. The van der Waals surface area contributed by atoms with Crippen LogP contribution in [0.15, 0.2) is 53.3 Å². The highest BCUT2D eigenvalue weighted by Crippen LogP contribution is 2.29. The van der Waals surface area contributed by atoms with Crippen molar-refractivity contribution in [2.45, 2.75) is 17.3 Å². The number of carboxylic acids is 1. The van der Waals surface area contributed by atoms with E-state index >= 15 is 0 Å². The van der Waals surface area contributed by atoms with E-state index in [4.69, 9.17) is 9.47 Å². The van der Waals surface area contributed by atoms with E-state index in [0.29, 0.717) is 33.5 Å². The van der Waals surface area contributed by atoms with E-state index in [2.05, 4.69) is 14.5 Å². The topological polar surface area (TPSA) is 137 Å². The van der Waals surface area contributed by atoms with Crippen molar-refractivity contribution in [3.05, 3.63) is 60.0 Å². The van der Waals surface area contributed by atoms with Crippen molar-refractivity contribution in [1.82, 2.24) is 19.2 Å². The molecule has 2 heterocycles. The molecule has 0 radical (unpaired) electrons. The average molecular weight is 490 g/mol. The van der Waals surface area contributed by atoms with Crippen LogP contribution in [0.5, 0.6) is 11.5 Å². The predicted octanol–water partition coefficient (Wildman–Crippen LogP) is 2.06. The molecule has 0 aliphatic rings. The molecule has 172 valence electrons. The molecule has 0 saturated heterocycles. The summed E-state index contributed by atoms with van der Waals surface area (Å²) >= 11 is 0.738. The molecule has 11 nitrogen and oxygen atoms in total. The SMILES string of the molecule is COc1ccc(CN(n2ncc3c(CC(=O)O)cccc32)S(=O)(=O)c2ncns2)c(OC)c1. The minimum atomic E-state index is -4.17. The summed E-state index contributed by atoms with van der Waals surface area (Å²) in [6, 6.07) is 10.0. The van der Waals surface area contributed by atoms with Crippen LogP contribution in [-0.2, 0) is 27.8 Å². The third-order valence-electron chi connectivity index (χ3n) is 4.88. The Kier molecular flexibility index (Phi) is 6.16. The summed E-state index contributed by atoms with van der Waals surface area (Å²) in [6.45, 7) is -0.144. The molecule has 4 aromatic rings. The van der Waals surface area contributed by atoms with Gasteiger partial charge in [-0.25, -0.2) is 4.98 Å². The zero-order valence-electron chi connectivity index (χ0n) is 17.6. The number of fused-ring (bicyclic) bond motifs is 1. The van der Waals surface area contributed by atoms with Gasteiger partial charge in [0.15, 0.2) is 0 Å². The van der Waals surface area contributed by atoms with E-state index in [0.717, 1.165) is 22.3 Å². The van der Waals surface area contributed by atoms with Crippen LogP contribution in [-0.4, -0.2) is 53.0 Å². The van der Waals surface area contributed by atoms with Gasteiger partial charge < -0.3 is 14.6 Å². The van der Waals surface area contributed by atoms with Crippen molar-refractivity contribution in [2.75, 3.05) is 18.6 Å². The summed E-state index contributed by atoms with van der Waals surface area (Å²) in [5.41, 5.74) is 1.49. The van der Waals surface area contributed by atoms with Crippen LogP contribution in [0.4, 0.5) is 0 Å². The lowest BCUT2D eigenvalue weighted by Gasteiger charge is -2.24. The van der Waals surface area contributed by atoms with Crippen LogP contribution >= 0.6 is 11.5 Å². The van der Waals surface area contributed by atoms with Gasteiger partial charge in [-0.05, 0) is 35.3 Å². The molecule has 0 fully saturated rings. The molecule has 2 aromatic heterocycles. The molecule has 0 saturated carbocycles. The number of benzene rings is 2. The van der Waals surface area contributed by atoms with Crippen LogP contribution in [0.2, 0.25) is 0 Å². The highest BCUT2D eigenvalue weighted by Gasteiger charge is 2.31. The third kappa shape index (κ3) is 4.32. The van der Waals surface area contributed by atoms with Gasteiger partial charge in [0.1, 0.15) is 17.8 Å². The second kappa shape index (κ2) is 9.03. The highest BCUT2D eigenvalue weighted by molar-refractivity contribution is 7.94. The number of carbonyl (C=O) groups is 1. The Morgan fingerprint density at radius 3 is 2.67 bits per heavy atom. The Morgan fingerprint density at radius 1 is 1.18 bits per heavy atom. The Hall–Kier alpha value is -3.71. The average Bonchev–Trinajstić information content (AvgIpc) is 3.48. The van der Waals surface area contributed by atoms with Crippen LogP contribution in [0.25, 0.3) is 10.9 Å². The van der Waals surface area contributed by atoms with Gasteiger partial charge in [-0.3, -0.25) is 4.79 Å². The van der Waals surface area contributed by atoms with E-state index in [1.165, 1.54) is 25.2 Å². The highest BCUT2D eigenvalue weighted by atomic mass is 32.2. The molecule has 4 rings (SSSR count). The lowest BCUT2D eigenvalue weighted by molar-refractivity contribution is -0.136. The summed E-state index contributed by atoms with van der Waals surface area (Å²) in [6.07, 6.45) is 2.38. The van der Waals surface area contributed by atoms with Crippen molar-refractivity contribution in [3.8, 4) is 11.5 Å². The van der Waals surface area contributed by atoms with Crippen molar-refractivity contribution in [1.29, 1.82) is 0 Å². The second-order valence-corrected chi connectivity index (χ2v) is 9.62. The smallest absolute Gasteiger partial charge is 0.308 e. The second-order valence-electron chi connectivity index (χ2n) is 6.82. The maximum absolute atomic E-state index is 13.5. The number of aliphatic carboxylic acids is 1. The molecule has 13 heteroatoms. The quantitative estimate of drug-likeness (QED) is 0.374. The first kappa shape index (κ1) is 22.5. The molecule has 0 amide bonds. The Bertz CT molecular complexity index is 1400. The molecule has 0 spiro atoms. The molecule has 0 aliphatic carbocycles. The molecule has 0 atom stereocenters. The molecular weight excluding hydrogens is 470 g/mol. The fraction of sp³-hybridized carbons (Fsp3) is 0.200. The van der Waals surface area contributed by atoms with Crippen molar-refractivity contribution in [2.24, 2.45) is 0 Å². The van der Waals surface area contributed by atoms with Gasteiger partial charge in [0.25, 0.3) is 4.34 Å². The third-order valence-corrected chi connectivity index (χ3v) is 7.58. The zero-order valence-corrected chi connectivity index (χ0v) is 19.2. The Balaban J connectivity index is 1.87. The first-order chi connectivity index (χ1) is 15.8. The standard InChI is InChI=1S/C20H19N5O6S2/c1-30-15-7-6-14(18(9-15)31-2)11-24(33(28,29)20-21-12-23-32-20)25-17-5-3-4-13(8-19(26)27)16(17)10-22-25/h3-7,9-10,12H,8,11H2,1-2H3,(H,26,27). The summed E-state index contributed by atoms with van der Waals surface area (Å²) < 4.78 is 42.4. The van der Waals surface area contributed by atoms with Crippen LogP contribution in [0.1, 0.15) is 11.1 Å². The largest absolute Gasteiger partial charge is 0.497 e. The van der Waals surface area contributed by atoms with E-state index < -0.39 is 16.0 Å². The first-order valence-corrected chi connectivity index (χ1v) is 11.7. The predicted molar refractivity (Wildman–Crippen MR) is 120 cm³/mol. The number of hydrogen-bond donors (Lipinski definition) is 1. The molecule has 0 aliphatic heterocycles. The van der Waals surface area contributed by atoms with E-state index in [-0.39, 0.29) is 17.3 Å². The van der Waals surface area contributed by atoms with E-state index in [1.54, 1.807) is 36.4 Å². The van der Waals surface area contributed by atoms with E-state index in [9.17, 15) is 18.3 Å². The van der Waals surface area contributed by atoms with Crippen molar-refractivity contribution >= 4 is 38.4 Å². The molecule has 0 bridgehead atoms. The van der Waals surface area contributed by atoms with Crippen LogP contribution < -0.4 is 13.9 Å². The monoisotopic (exact) mass is 489 g/mol. The number of rotatable bonds is 9. The summed E-state index contributed by atoms with van der Waals surface area (Å²) in [7, 11) is -1.18. The van der Waals surface area contributed by atoms with E-state index in [1.807, 2.05) is 0 Å². The number of ether oxygens (including phenoxy) is 2. The van der Waals surface area contributed by atoms with Crippen molar-refractivity contribution < 1.29 is 27.8 Å². The molecule has 33 heavy (non-hydrogen) atoms.